The summed E-state index contributed by atoms with van der Waals surface area (Å²) in [4.78, 5) is 27.9. The number of aryl methyl sites for hydroxylation is 1. The van der Waals surface area contributed by atoms with Crippen LogP contribution in [0.5, 0.6) is 0 Å². The molecule has 1 saturated heterocycles. The third kappa shape index (κ3) is 4.92. The number of carbonyl (C=O) groups excluding carboxylic acids is 2. The largest absolute Gasteiger partial charge is 0.355 e. The first kappa shape index (κ1) is 20.6. The summed E-state index contributed by atoms with van der Waals surface area (Å²) in [6.45, 7) is 3.32. The molecule has 2 unspecified atom stereocenters. The molecule has 2 aromatic carbocycles. The summed E-state index contributed by atoms with van der Waals surface area (Å²) in [5, 5.41) is 3.10. The Bertz CT molecular complexity index is 858. The van der Waals surface area contributed by atoms with Gasteiger partial charge in [0.1, 0.15) is 0 Å². The van der Waals surface area contributed by atoms with Crippen molar-refractivity contribution >= 4 is 11.8 Å². The van der Waals surface area contributed by atoms with Crippen LogP contribution < -0.4 is 5.32 Å². The van der Waals surface area contributed by atoms with Gasteiger partial charge in [0.15, 0.2) is 0 Å². The van der Waals surface area contributed by atoms with Crippen molar-refractivity contribution in [3.63, 3.8) is 0 Å². The molecule has 1 saturated carbocycles. The first-order chi connectivity index (χ1) is 14.7. The number of carbonyl (C=O) groups is 2. The lowest BCUT2D eigenvalue weighted by Gasteiger charge is -2.40. The van der Waals surface area contributed by atoms with E-state index in [0.717, 1.165) is 38.5 Å². The molecule has 4 nitrogen and oxygen atoms in total. The van der Waals surface area contributed by atoms with Gasteiger partial charge < -0.3 is 10.2 Å². The quantitative estimate of drug-likeness (QED) is 0.748. The number of nitrogens with one attached hydrogen (secondary N) is 1. The average molecular weight is 405 g/mol. The van der Waals surface area contributed by atoms with E-state index in [2.05, 4.69) is 48.6 Å². The second-order valence-corrected chi connectivity index (χ2v) is 8.68. The molecular weight excluding hydrogens is 372 g/mol. The highest BCUT2D eigenvalue weighted by Gasteiger charge is 2.41. The second kappa shape index (κ2) is 9.46. The number of hydrogen-bond donors (Lipinski definition) is 1. The maximum atomic E-state index is 13.0. The van der Waals surface area contributed by atoms with Crippen molar-refractivity contribution in [2.24, 2.45) is 11.8 Å². The van der Waals surface area contributed by atoms with Crippen LogP contribution in [0.2, 0.25) is 0 Å². The number of nitrogens with zero attached hydrogens (tertiary/aromatic N) is 1. The van der Waals surface area contributed by atoms with Gasteiger partial charge in [0.25, 0.3) is 0 Å². The Morgan fingerprint density at radius 1 is 0.900 bits per heavy atom. The molecule has 1 N–H and O–H groups in total. The first-order valence-electron chi connectivity index (χ1n) is 11.4. The van der Waals surface area contributed by atoms with Gasteiger partial charge in [-0.25, -0.2) is 0 Å². The van der Waals surface area contributed by atoms with Crippen molar-refractivity contribution in [2.45, 2.75) is 51.5 Å². The molecule has 158 valence electrons. The van der Waals surface area contributed by atoms with E-state index in [4.69, 9.17) is 0 Å². The van der Waals surface area contributed by atoms with Gasteiger partial charge in [-0.2, -0.15) is 0 Å². The summed E-state index contributed by atoms with van der Waals surface area (Å²) in [7, 11) is 0. The number of benzene rings is 2. The van der Waals surface area contributed by atoms with Crippen LogP contribution in [0, 0.1) is 11.8 Å². The lowest BCUT2D eigenvalue weighted by Crippen LogP contribution is -2.47. The van der Waals surface area contributed by atoms with Crippen LogP contribution in [0.4, 0.5) is 0 Å². The molecule has 2 aliphatic rings. The summed E-state index contributed by atoms with van der Waals surface area (Å²) in [5.41, 5.74) is 3.73. The monoisotopic (exact) mass is 404 g/mol. The van der Waals surface area contributed by atoms with Crippen molar-refractivity contribution in [3.05, 3.63) is 71.3 Å². The molecule has 1 heterocycles. The van der Waals surface area contributed by atoms with Gasteiger partial charge in [-0.15, -0.1) is 0 Å². The molecule has 2 amide bonds. The molecule has 1 aliphatic heterocycles. The molecule has 0 aromatic heterocycles. The fourth-order valence-electron chi connectivity index (χ4n) is 4.43. The summed E-state index contributed by atoms with van der Waals surface area (Å²) in [6.07, 6.45) is 5.50. The van der Waals surface area contributed by atoms with E-state index in [0.29, 0.717) is 13.1 Å². The van der Waals surface area contributed by atoms with Gasteiger partial charge in [0, 0.05) is 19.0 Å². The first-order valence-corrected chi connectivity index (χ1v) is 11.4. The topological polar surface area (TPSA) is 49.4 Å². The summed E-state index contributed by atoms with van der Waals surface area (Å²) in [5.74, 6) is 0.373. The zero-order chi connectivity index (χ0) is 20.9. The molecule has 4 heteroatoms. The fraction of sp³-hybridized carbons (Fsp3) is 0.462. The maximum absolute atomic E-state index is 13.0. The van der Waals surface area contributed by atoms with Crippen LogP contribution in [0.15, 0.2) is 54.6 Å². The van der Waals surface area contributed by atoms with Crippen molar-refractivity contribution in [1.29, 1.82) is 0 Å². The van der Waals surface area contributed by atoms with Crippen LogP contribution in [-0.4, -0.2) is 29.8 Å². The van der Waals surface area contributed by atoms with Crippen molar-refractivity contribution in [3.8, 4) is 0 Å². The lowest BCUT2D eigenvalue weighted by molar-refractivity contribution is -0.140. The van der Waals surface area contributed by atoms with Crippen molar-refractivity contribution < 1.29 is 9.59 Å². The highest BCUT2D eigenvalue weighted by Crippen LogP contribution is 2.39. The van der Waals surface area contributed by atoms with E-state index in [1.807, 2.05) is 23.1 Å². The minimum absolute atomic E-state index is 0.0827. The number of hydrogen-bond acceptors (Lipinski definition) is 2. The molecule has 0 spiro atoms. The van der Waals surface area contributed by atoms with Gasteiger partial charge in [-0.1, -0.05) is 61.5 Å². The Kier molecular flexibility index (Phi) is 6.51. The SMILES string of the molecule is CCc1ccc(C2CCC(C(=O)NCCc3ccccc3)CN2C(=O)C2CC2)cc1. The Morgan fingerprint density at radius 3 is 2.27 bits per heavy atom. The highest BCUT2D eigenvalue weighted by atomic mass is 16.2. The number of rotatable bonds is 7. The zero-order valence-electron chi connectivity index (χ0n) is 17.8. The normalized spacial score (nSPS) is 21.3. The molecule has 2 aromatic rings. The second-order valence-electron chi connectivity index (χ2n) is 8.68. The number of piperidine rings is 1. The van der Waals surface area contributed by atoms with Crippen molar-refractivity contribution in [2.75, 3.05) is 13.1 Å². The Balaban J connectivity index is 1.39. The van der Waals surface area contributed by atoms with E-state index in [1.165, 1.54) is 16.7 Å². The van der Waals surface area contributed by atoms with Gasteiger partial charge >= 0.3 is 0 Å². The molecule has 2 atom stereocenters. The standard InChI is InChI=1S/C26H32N2O2/c1-2-19-8-10-21(11-9-19)24-15-14-23(18-28(24)26(30)22-12-13-22)25(29)27-17-16-20-6-4-3-5-7-20/h3-11,22-24H,2,12-18H2,1H3,(H,27,29). The molecule has 2 fully saturated rings. The Labute approximate surface area is 179 Å². The zero-order valence-corrected chi connectivity index (χ0v) is 17.8. The number of likely N-dealkylation sites (tertiary alicyclic amines) is 1. The van der Waals surface area contributed by atoms with E-state index < -0.39 is 0 Å². The fourth-order valence-corrected chi connectivity index (χ4v) is 4.43. The highest BCUT2D eigenvalue weighted by molar-refractivity contribution is 5.84. The molecule has 1 aliphatic carbocycles. The predicted octanol–water partition coefficient (Wildman–Crippen LogP) is 4.30. The van der Waals surface area contributed by atoms with Gasteiger partial charge in [-0.3, -0.25) is 9.59 Å². The van der Waals surface area contributed by atoms with E-state index in [-0.39, 0.29) is 29.7 Å². The van der Waals surface area contributed by atoms with E-state index in [1.54, 1.807) is 0 Å². The van der Waals surface area contributed by atoms with E-state index >= 15 is 0 Å². The van der Waals surface area contributed by atoms with Crippen LogP contribution in [-0.2, 0) is 22.4 Å². The lowest BCUT2D eigenvalue weighted by atomic mass is 9.87. The molecule has 30 heavy (non-hydrogen) atoms. The Morgan fingerprint density at radius 2 is 1.60 bits per heavy atom. The van der Waals surface area contributed by atoms with Gasteiger partial charge in [0.05, 0.1) is 12.0 Å². The smallest absolute Gasteiger partial charge is 0.226 e. The Hall–Kier alpha value is -2.62. The third-order valence-corrected chi connectivity index (χ3v) is 6.49. The molecule has 0 bridgehead atoms. The van der Waals surface area contributed by atoms with Crippen LogP contribution in [0.25, 0.3) is 0 Å². The summed E-state index contributed by atoms with van der Waals surface area (Å²) >= 11 is 0. The molecule has 0 radical (unpaired) electrons. The maximum Gasteiger partial charge on any atom is 0.226 e. The minimum Gasteiger partial charge on any atom is -0.355 e. The predicted molar refractivity (Wildman–Crippen MR) is 119 cm³/mol. The molecule has 4 rings (SSSR count). The van der Waals surface area contributed by atoms with Gasteiger partial charge in [-0.05, 0) is 55.2 Å². The third-order valence-electron chi connectivity index (χ3n) is 6.49. The van der Waals surface area contributed by atoms with Gasteiger partial charge in [0.2, 0.25) is 11.8 Å². The van der Waals surface area contributed by atoms with Crippen molar-refractivity contribution in [1.82, 2.24) is 10.2 Å². The summed E-state index contributed by atoms with van der Waals surface area (Å²) < 4.78 is 0. The summed E-state index contributed by atoms with van der Waals surface area (Å²) in [6, 6.07) is 19.0. The van der Waals surface area contributed by atoms with Crippen LogP contribution in [0.1, 0.15) is 55.3 Å². The van der Waals surface area contributed by atoms with Crippen LogP contribution >= 0.6 is 0 Å². The average Bonchev–Trinajstić information content (AvgIpc) is 3.64. The molecular formula is C26H32N2O2. The van der Waals surface area contributed by atoms with Crippen LogP contribution in [0.3, 0.4) is 0 Å². The number of amides is 2. The van der Waals surface area contributed by atoms with E-state index in [9.17, 15) is 9.59 Å². The minimum atomic E-state index is -0.116.